The predicted molar refractivity (Wildman–Crippen MR) is 124 cm³/mol. The summed E-state index contributed by atoms with van der Waals surface area (Å²) in [5.41, 5.74) is 1.33. The molecule has 0 radical (unpaired) electrons. The number of ether oxygens (including phenoxy) is 4. The number of oxime groups is 1. The number of furan rings is 1. The average Bonchev–Trinajstić information content (AvgIpc) is 3.43. The number of aromatic nitrogens is 1. The van der Waals surface area contributed by atoms with Crippen LogP contribution in [0.3, 0.4) is 0 Å². The van der Waals surface area contributed by atoms with E-state index in [0.717, 1.165) is 5.39 Å². The van der Waals surface area contributed by atoms with Crippen molar-refractivity contribution >= 4 is 22.5 Å². The Morgan fingerprint density at radius 1 is 0.853 bits per heavy atom. The maximum atomic E-state index is 12.4. The molecule has 34 heavy (non-hydrogen) atoms. The fraction of sp³-hybridized carbons (Fsp3) is 0.160. The number of carbonyl (C=O) groups is 1. The van der Waals surface area contributed by atoms with E-state index in [1.54, 1.807) is 57.9 Å². The van der Waals surface area contributed by atoms with Crippen molar-refractivity contribution in [1.82, 2.24) is 4.98 Å². The van der Waals surface area contributed by atoms with Gasteiger partial charge in [-0.25, -0.2) is 4.79 Å². The molecule has 0 saturated heterocycles. The third-order valence-electron chi connectivity index (χ3n) is 5.09. The molecule has 4 aromatic rings. The predicted octanol–water partition coefficient (Wildman–Crippen LogP) is 4.47. The first-order chi connectivity index (χ1) is 16.6. The minimum atomic E-state index is -0.748. The lowest BCUT2D eigenvalue weighted by atomic mass is 10.0. The van der Waals surface area contributed by atoms with E-state index in [1.165, 1.54) is 19.4 Å². The molecule has 0 N–H and O–H groups in total. The lowest BCUT2D eigenvalue weighted by Crippen LogP contribution is -2.10. The second-order valence-electron chi connectivity index (χ2n) is 6.95. The Bertz CT molecular complexity index is 1350. The Hall–Kier alpha value is -4.53. The summed E-state index contributed by atoms with van der Waals surface area (Å²) in [5.74, 6) is 1.37. The van der Waals surface area contributed by atoms with E-state index in [1.807, 2.05) is 12.1 Å². The van der Waals surface area contributed by atoms with Crippen LogP contribution in [0.2, 0.25) is 0 Å². The highest BCUT2D eigenvalue weighted by atomic mass is 16.7. The van der Waals surface area contributed by atoms with Gasteiger partial charge in [0.15, 0.2) is 23.0 Å². The lowest BCUT2D eigenvalue weighted by Gasteiger charge is -2.14. The first-order valence-electron chi connectivity index (χ1n) is 10.2. The third-order valence-corrected chi connectivity index (χ3v) is 5.09. The molecule has 0 aliphatic heterocycles. The molecule has 0 fully saturated rings. The standard InChI is InChI=1S/C25H22N2O7/c1-29-18-8-7-16(13-20(18)30-2)23(27-34-25(28)19-6-5-11-33-19)24-17-14-22(32-4)21(31-3)12-15(17)9-10-26-24/h5-14H,1-4H3/b27-23+. The van der Waals surface area contributed by atoms with Crippen LogP contribution in [0.4, 0.5) is 0 Å². The molecule has 9 heteroatoms. The molecule has 0 amide bonds. The van der Waals surface area contributed by atoms with Gasteiger partial charge in [-0.05, 0) is 53.9 Å². The molecule has 0 aliphatic rings. The first-order valence-corrected chi connectivity index (χ1v) is 10.2. The van der Waals surface area contributed by atoms with Crippen LogP contribution in [0.5, 0.6) is 23.0 Å². The van der Waals surface area contributed by atoms with Gasteiger partial charge in [0.2, 0.25) is 5.76 Å². The van der Waals surface area contributed by atoms with Crippen LogP contribution < -0.4 is 18.9 Å². The highest BCUT2D eigenvalue weighted by molar-refractivity contribution is 6.18. The van der Waals surface area contributed by atoms with Crippen LogP contribution in [-0.4, -0.2) is 45.1 Å². The summed E-state index contributed by atoms with van der Waals surface area (Å²) in [6, 6.07) is 13.8. The summed E-state index contributed by atoms with van der Waals surface area (Å²) < 4.78 is 26.8. The quantitative estimate of drug-likeness (QED) is 0.215. The van der Waals surface area contributed by atoms with Crippen molar-refractivity contribution in [3.63, 3.8) is 0 Å². The fourth-order valence-corrected chi connectivity index (χ4v) is 3.43. The van der Waals surface area contributed by atoms with Crippen LogP contribution in [0, 0.1) is 0 Å². The zero-order valence-electron chi connectivity index (χ0n) is 19.0. The number of hydrogen-bond donors (Lipinski definition) is 0. The van der Waals surface area contributed by atoms with Crippen molar-refractivity contribution in [3.05, 3.63) is 78.0 Å². The number of hydrogen-bond acceptors (Lipinski definition) is 9. The molecule has 0 aliphatic carbocycles. The topological polar surface area (TPSA) is 102 Å². The summed E-state index contributed by atoms with van der Waals surface area (Å²) in [6.07, 6.45) is 3.01. The molecule has 0 unspecified atom stereocenters. The second kappa shape index (κ2) is 9.95. The molecule has 0 saturated carbocycles. The van der Waals surface area contributed by atoms with Crippen LogP contribution in [0.15, 0.2) is 70.6 Å². The van der Waals surface area contributed by atoms with Crippen molar-refractivity contribution < 1.29 is 33.0 Å². The molecule has 0 spiro atoms. The summed E-state index contributed by atoms with van der Waals surface area (Å²) in [6.45, 7) is 0. The molecular formula is C25H22N2O7. The molecule has 174 valence electrons. The van der Waals surface area contributed by atoms with Crippen molar-refractivity contribution in [2.45, 2.75) is 0 Å². The number of methoxy groups -OCH3 is 4. The third kappa shape index (κ3) is 4.36. The van der Waals surface area contributed by atoms with Gasteiger partial charge in [0.1, 0.15) is 11.4 Å². The summed E-state index contributed by atoms with van der Waals surface area (Å²) in [7, 11) is 6.19. The first kappa shape index (κ1) is 22.7. The SMILES string of the molecule is COc1ccc(/C(=N\OC(=O)c2ccco2)c2nccc3cc(OC)c(OC)cc23)cc1OC. The Kier molecular flexibility index (Phi) is 6.63. The number of rotatable bonds is 8. The number of carbonyl (C=O) groups excluding carboxylic acids is 1. The molecule has 0 atom stereocenters. The lowest BCUT2D eigenvalue weighted by molar-refractivity contribution is 0.0480. The fourth-order valence-electron chi connectivity index (χ4n) is 3.43. The Labute approximate surface area is 195 Å². The molecule has 2 aromatic carbocycles. The van der Waals surface area contributed by atoms with Crippen LogP contribution in [-0.2, 0) is 4.84 Å². The normalized spacial score (nSPS) is 11.2. The zero-order valence-corrected chi connectivity index (χ0v) is 19.0. The Morgan fingerprint density at radius 3 is 2.24 bits per heavy atom. The van der Waals surface area contributed by atoms with E-state index in [0.29, 0.717) is 45.4 Å². The summed E-state index contributed by atoms with van der Waals surface area (Å²) in [4.78, 5) is 22.2. The number of nitrogens with zero attached hydrogens (tertiary/aromatic N) is 2. The maximum Gasteiger partial charge on any atom is 0.400 e. The van der Waals surface area contributed by atoms with E-state index in [9.17, 15) is 4.79 Å². The molecule has 4 rings (SSSR count). The number of pyridine rings is 1. The van der Waals surface area contributed by atoms with Gasteiger partial charge in [-0.3, -0.25) is 4.98 Å². The minimum Gasteiger partial charge on any atom is -0.493 e. The van der Waals surface area contributed by atoms with Gasteiger partial charge in [-0.1, -0.05) is 5.16 Å². The van der Waals surface area contributed by atoms with Gasteiger partial charge >= 0.3 is 5.97 Å². The zero-order chi connectivity index (χ0) is 24.1. The van der Waals surface area contributed by atoms with Gasteiger partial charge in [-0.2, -0.15) is 0 Å². The van der Waals surface area contributed by atoms with Crippen molar-refractivity contribution in [2.24, 2.45) is 5.16 Å². The van der Waals surface area contributed by atoms with Gasteiger partial charge in [0.05, 0.1) is 34.7 Å². The van der Waals surface area contributed by atoms with Crippen LogP contribution in [0.25, 0.3) is 10.8 Å². The van der Waals surface area contributed by atoms with E-state index >= 15 is 0 Å². The van der Waals surface area contributed by atoms with Crippen molar-refractivity contribution in [3.8, 4) is 23.0 Å². The van der Waals surface area contributed by atoms with E-state index in [4.69, 9.17) is 28.2 Å². The van der Waals surface area contributed by atoms with Crippen molar-refractivity contribution in [2.75, 3.05) is 28.4 Å². The van der Waals surface area contributed by atoms with Gasteiger partial charge in [0.25, 0.3) is 0 Å². The Morgan fingerprint density at radius 2 is 1.56 bits per heavy atom. The van der Waals surface area contributed by atoms with Gasteiger partial charge in [0, 0.05) is 17.1 Å². The van der Waals surface area contributed by atoms with Gasteiger partial charge < -0.3 is 28.2 Å². The average molecular weight is 462 g/mol. The van der Waals surface area contributed by atoms with E-state index in [2.05, 4.69) is 10.1 Å². The molecule has 2 aromatic heterocycles. The molecule has 0 bridgehead atoms. The smallest absolute Gasteiger partial charge is 0.400 e. The molecule has 2 heterocycles. The largest absolute Gasteiger partial charge is 0.493 e. The minimum absolute atomic E-state index is 0.0210. The van der Waals surface area contributed by atoms with Crippen LogP contribution in [0.1, 0.15) is 21.8 Å². The second-order valence-corrected chi connectivity index (χ2v) is 6.95. The van der Waals surface area contributed by atoms with E-state index < -0.39 is 5.97 Å². The molecule has 9 nitrogen and oxygen atoms in total. The van der Waals surface area contributed by atoms with Crippen molar-refractivity contribution in [1.29, 1.82) is 0 Å². The Balaban J connectivity index is 1.90. The highest BCUT2D eigenvalue weighted by Crippen LogP contribution is 2.35. The number of benzene rings is 2. The maximum absolute atomic E-state index is 12.4. The van der Waals surface area contributed by atoms with Crippen LogP contribution >= 0.6 is 0 Å². The van der Waals surface area contributed by atoms with E-state index in [-0.39, 0.29) is 5.76 Å². The molecular weight excluding hydrogens is 440 g/mol. The summed E-state index contributed by atoms with van der Waals surface area (Å²) >= 11 is 0. The van der Waals surface area contributed by atoms with Gasteiger partial charge in [-0.15, -0.1) is 0 Å². The summed E-state index contributed by atoms with van der Waals surface area (Å²) in [5, 5.41) is 5.71. The monoisotopic (exact) mass is 462 g/mol. The highest BCUT2D eigenvalue weighted by Gasteiger charge is 2.20. The number of fused-ring (bicyclic) bond motifs is 1.